The number of thiophene rings is 1. The number of imidazole rings is 1. The first-order chi connectivity index (χ1) is 14.1. The Morgan fingerprint density at radius 2 is 2.07 bits per heavy atom. The summed E-state index contributed by atoms with van der Waals surface area (Å²) in [6.07, 6.45) is 5.27. The van der Waals surface area contributed by atoms with Gasteiger partial charge in [-0.15, -0.1) is 11.3 Å². The van der Waals surface area contributed by atoms with Gasteiger partial charge >= 0.3 is 0 Å². The van der Waals surface area contributed by atoms with E-state index in [9.17, 15) is 0 Å². The Balaban J connectivity index is 1.55. The molecule has 7 nitrogen and oxygen atoms in total. The fourth-order valence-corrected chi connectivity index (χ4v) is 4.54. The molecule has 0 unspecified atom stereocenters. The molecule has 0 saturated carbocycles. The zero-order valence-corrected chi connectivity index (χ0v) is 18.1. The van der Waals surface area contributed by atoms with Crippen molar-refractivity contribution in [2.24, 2.45) is 0 Å². The molecule has 0 aliphatic carbocycles. The van der Waals surface area contributed by atoms with Gasteiger partial charge in [-0.25, -0.2) is 19.9 Å². The summed E-state index contributed by atoms with van der Waals surface area (Å²) in [5.41, 5.74) is 3.67. The maximum Gasteiger partial charge on any atom is 0.177 e. The molecule has 0 aliphatic heterocycles. The minimum absolute atomic E-state index is 0.501. The first-order valence-electron chi connectivity index (χ1n) is 9.00. The fourth-order valence-electron chi connectivity index (χ4n) is 3.18. The van der Waals surface area contributed by atoms with E-state index in [1.54, 1.807) is 29.9 Å². The standard InChI is InChI=1S/C20H16BrN7S/c1-10-11(2)29-20-16(10)19(27-17(28-20)12-4-3-5-22-7-12)24-9-15-25-14-6-13(21)8-23-18(14)26-15/h3-8H,9H2,1-2H3,(H,23,25,26)(H,24,27,28). The summed E-state index contributed by atoms with van der Waals surface area (Å²) in [7, 11) is 0. The van der Waals surface area contributed by atoms with Gasteiger partial charge in [0, 0.05) is 33.5 Å². The van der Waals surface area contributed by atoms with Crippen molar-refractivity contribution in [3.63, 3.8) is 0 Å². The lowest BCUT2D eigenvalue weighted by molar-refractivity contribution is 0.996. The smallest absolute Gasteiger partial charge is 0.177 e. The average Bonchev–Trinajstić information content (AvgIpc) is 3.26. The van der Waals surface area contributed by atoms with Crippen molar-refractivity contribution in [2.75, 3.05) is 5.32 Å². The molecular weight excluding hydrogens is 450 g/mol. The number of anilines is 1. The van der Waals surface area contributed by atoms with Gasteiger partial charge in [0.15, 0.2) is 11.5 Å². The molecule has 0 bridgehead atoms. The lowest BCUT2D eigenvalue weighted by atomic mass is 10.2. The maximum atomic E-state index is 4.81. The number of aryl methyl sites for hydroxylation is 2. The third-order valence-corrected chi connectivity index (χ3v) is 6.26. The van der Waals surface area contributed by atoms with Gasteiger partial charge in [-0.3, -0.25) is 4.98 Å². The van der Waals surface area contributed by atoms with Crippen LogP contribution < -0.4 is 5.32 Å². The minimum Gasteiger partial charge on any atom is -0.362 e. The zero-order chi connectivity index (χ0) is 20.0. The van der Waals surface area contributed by atoms with Crippen molar-refractivity contribution >= 4 is 54.5 Å². The van der Waals surface area contributed by atoms with E-state index in [0.717, 1.165) is 37.4 Å². The molecule has 0 amide bonds. The largest absolute Gasteiger partial charge is 0.362 e. The average molecular weight is 466 g/mol. The van der Waals surface area contributed by atoms with Crippen molar-refractivity contribution < 1.29 is 0 Å². The van der Waals surface area contributed by atoms with Crippen LogP contribution in [0.3, 0.4) is 0 Å². The normalized spacial score (nSPS) is 11.4. The second kappa shape index (κ2) is 7.16. The minimum atomic E-state index is 0.501. The second-order valence-corrected chi connectivity index (χ2v) is 8.78. The van der Waals surface area contributed by atoms with Crippen molar-refractivity contribution in [1.82, 2.24) is 29.9 Å². The van der Waals surface area contributed by atoms with Gasteiger partial charge in [-0.1, -0.05) is 0 Å². The van der Waals surface area contributed by atoms with Gasteiger partial charge in [-0.05, 0) is 53.5 Å². The highest BCUT2D eigenvalue weighted by atomic mass is 79.9. The third-order valence-electron chi connectivity index (χ3n) is 4.72. The van der Waals surface area contributed by atoms with Gasteiger partial charge in [0.1, 0.15) is 16.5 Å². The van der Waals surface area contributed by atoms with Crippen LogP contribution in [0.25, 0.3) is 32.8 Å². The number of H-pyrrole nitrogens is 1. The van der Waals surface area contributed by atoms with Crippen LogP contribution in [0, 0.1) is 13.8 Å². The number of halogens is 1. The third kappa shape index (κ3) is 3.36. The molecule has 5 aromatic heterocycles. The van der Waals surface area contributed by atoms with Crippen LogP contribution in [0.2, 0.25) is 0 Å². The summed E-state index contributed by atoms with van der Waals surface area (Å²) < 4.78 is 0.913. The molecule has 9 heteroatoms. The monoisotopic (exact) mass is 465 g/mol. The number of pyridine rings is 2. The first-order valence-corrected chi connectivity index (χ1v) is 10.6. The summed E-state index contributed by atoms with van der Waals surface area (Å²) >= 11 is 5.12. The number of aromatic amines is 1. The molecule has 0 saturated heterocycles. The van der Waals surface area contributed by atoms with E-state index in [4.69, 9.17) is 9.97 Å². The lowest BCUT2D eigenvalue weighted by Crippen LogP contribution is -2.05. The molecule has 0 aromatic carbocycles. The topological polar surface area (TPSA) is 92.3 Å². The van der Waals surface area contributed by atoms with Gasteiger partial charge in [0.2, 0.25) is 0 Å². The van der Waals surface area contributed by atoms with Crippen LogP contribution in [0.5, 0.6) is 0 Å². The molecule has 0 fully saturated rings. The van der Waals surface area contributed by atoms with E-state index in [1.165, 1.54) is 10.4 Å². The summed E-state index contributed by atoms with van der Waals surface area (Å²) in [5.74, 6) is 2.25. The molecule has 29 heavy (non-hydrogen) atoms. The Morgan fingerprint density at radius 1 is 1.17 bits per heavy atom. The van der Waals surface area contributed by atoms with Crippen molar-refractivity contribution in [3.8, 4) is 11.4 Å². The van der Waals surface area contributed by atoms with Gasteiger partial charge < -0.3 is 10.3 Å². The Morgan fingerprint density at radius 3 is 2.90 bits per heavy atom. The van der Waals surface area contributed by atoms with Crippen LogP contribution in [0.1, 0.15) is 16.3 Å². The molecule has 0 radical (unpaired) electrons. The van der Waals surface area contributed by atoms with Crippen LogP contribution in [-0.4, -0.2) is 29.9 Å². The highest BCUT2D eigenvalue weighted by molar-refractivity contribution is 9.10. The second-order valence-electron chi connectivity index (χ2n) is 6.66. The van der Waals surface area contributed by atoms with E-state index in [2.05, 4.69) is 55.0 Å². The van der Waals surface area contributed by atoms with E-state index < -0.39 is 0 Å². The number of fused-ring (bicyclic) bond motifs is 2. The number of rotatable bonds is 4. The molecule has 0 atom stereocenters. The Hall–Kier alpha value is -2.91. The maximum absolute atomic E-state index is 4.81. The number of nitrogens with zero attached hydrogens (tertiary/aromatic N) is 5. The number of nitrogens with one attached hydrogen (secondary N) is 2. The fraction of sp³-hybridized carbons (Fsp3) is 0.150. The molecule has 2 N–H and O–H groups in total. The summed E-state index contributed by atoms with van der Waals surface area (Å²) in [6.45, 7) is 4.72. The molecule has 5 aromatic rings. The highest BCUT2D eigenvalue weighted by Crippen LogP contribution is 2.35. The molecule has 0 spiro atoms. The van der Waals surface area contributed by atoms with Crippen molar-refractivity contribution in [2.45, 2.75) is 20.4 Å². The van der Waals surface area contributed by atoms with Crippen LogP contribution >= 0.6 is 27.3 Å². The summed E-state index contributed by atoms with van der Waals surface area (Å²) in [5, 5.41) is 4.50. The summed E-state index contributed by atoms with van der Waals surface area (Å²) in [6, 6.07) is 5.82. The van der Waals surface area contributed by atoms with E-state index >= 15 is 0 Å². The number of aromatic nitrogens is 6. The Labute approximate surface area is 178 Å². The lowest BCUT2D eigenvalue weighted by Gasteiger charge is -2.09. The van der Waals surface area contributed by atoms with Gasteiger partial charge in [0.05, 0.1) is 17.4 Å². The highest BCUT2D eigenvalue weighted by Gasteiger charge is 2.16. The molecule has 0 aliphatic rings. The number of hydrogen-bond donors (Lipinski definition) is 2. The van der Waals surface area contributed by atoms with Crippen LogP contribution in [0.4, 0.5) is 5.82 Å². The first kappa shape index (κ1) is 18.1. The molecule has 5 rings (SSSR count). The molecule has 144 valence electrons. The molecular formula is C20H16BrN7S. The van der Waals surface area contributed by atoms with Gasteiger partial charge in [-0.2, -0.15) is 0 Å². The predicted octanol–water partition coefficient (Wildman–Crippen LogP) is 5.02. The van der Waals surface area contributed by atoms with Crippen LogP contribution in [-0.2, 0) is 6.54 Å². The Bertz CT molecular complexity index is 1340. The number of hydrogen-bond acceptors (Lipinski definition) is 7. The van der Waals surface area contributed by atoms with E-state index in [-0.39, 0.29) is 0 Å². The van der Waals surface area contributed by atoms with E-state index in [0.29, 0.717) is 18.0 Å². The van der Waals surface area contributed by atoms with Crippen LogP contribution in [0.15, 0.2) is 41.3 Å². The predicted molar refractivity (Wildman–Crippen MR) is 119 cm³/mol. The molecule has 5 heterocycles. The zero-order valence-electron chi connectivity index (χ0n) is 15.7. The quantitative estimate of drug-likeness (QED) is 0.387. The Kier molecular flexibility index (Phi) is 4.48. The SMILES string of the molecule is Cc1sc2nc(-c3cccnc3)nc(NCc3nc4ncc(Br)cc4[nH]3)c2c1C. The van der Waals surface area contributed by atoms with Crippen molar-refractivity contribution in [3.05, 3.63) is 57.5 Å². The van der Waals surface area contributed by atoms with E-state index in [1.807, 2.05) is 18.2 Å². The van der Waals surface area contributed by atoms with Gasteiger partial charge in [0.25, 0.3) is 0 Å². The van der Waals surface area contributed by atoms with Crippen molar-refractivity contribution in [1.29, 1.82) is 0 Å². The summed E-state index contributed by atoms with van der Waals surface area (Å²) in [4.78, 5) is 28.2.